The van der Waals surface area contributed by atoms with Crippen molar-refractivity contribution in [2.24, 2.45) is 0 Å². The fourth-order valence-corrected chi connectivity index (χ4v) is 1.36. The Hall–Kier alpha value is -0.970. The first kappa shape index (κ1) is 11.1. The van der Waals surface area contributed by atoms with E-state index in [2.05, 4.69) is 17.2 Å². The highest BCUT2D eigenvalue weighted by atomic mass is 35.5. The van der Waals surface area contributed by atoms with Gasteiger partial charge >= 0.3 is 0 Å². The molecule has 0 unspecified atom stereocenters. The SMILES string of the molecule is CNCC#Cc1cc(C)c(Cl)cc1C. The average molecular weight is 208 g/mol. The van der Waals surface area contributed by atoms with E-state index in [1.165, 1.54) is 0 Å². The minimum atomic E-state index is 0.709. The van der Waals surface area contributed by atoms with Crippen LogP contribution in [-0.4, -0.2) is 13.6 Å². The third-order valence-electron chi connectivity index (χ3n) is 1.99. The van der Waals surface area contributed by atoms with Crippen LogP contribution in [0, 0.1) is 25.7 Å². The van der Waals surface area contributed by atoms with Crippen molar-refractivity contribution < 1.29 is 0 Å². The van der Waals surface area contributed by atoms with Crippen LogP contribution in [0.15, 0.2) is 12.1 Å². The van der Waals surface area contributed by atoms with Crippen molar-refractivity contribution in [2.45, 2.75) is 13.8 Å². The van der Waals surface area contributed by atoms with Crippen molar-refractivity contribution in [2.75, 3.05) is 13.6 Å². The Labute approximate surface area is 90.5 Å². The van der Waals surface area contributed by atoms with E-state index in [4.69, 9.17) is 11.6 Å². The lowest BCUT2D eigenvalue weighted by atomic mass is 10.1. The summed E-state index contributed by atoms with van der Waals surface area (Å²) in [4.78, 5) is 0. The molecule has 2 heteroatoms. The van der Waals surface area contributed by atoms with Crippen molar-refractivity contribution >= 4 is 11.6 Å². The van der Waals surface area contributed by atoms with E-state index in [-0.39, 0.29) is 0 Å². The molecule has 74 valence electrons. The van der Waals surface area contributed by atoms with Gasteiger partial charge in [-0.05, 0) is 44.2 Å². The van der Waals surface area contributed by atoms with Crippen molar-refractivity contribution in [1.29, 1.82) is 0 Å². The number of benzene rings is 1. The molecule has 0 aliphatic heterocycles. The lowest BCUT2D eigenvalue weighted by molar-refractivity contribution is 0.938. The Bertz CT molecular complexity index is 385. The van der Waals surface area contributed by atoms with E-state index >= 15 is 0 Å². The topological polar surface area (TPSA) is 12.0 Å². The smallest absolute Gasteiger partial charge is 0.0577 e. The van der Waals surface area contributed by atoms with Gasteiger partial charge in [-0.25, -0.2) is 0 Å². The molecule has 0 aromatic heterocycles. The highest BCUT2D eigenvalue weighted by Gasteiger charge is 1.99. The number of halogens is 1. The van der Waals surface area contributed by atoms with Crippen LogP contribution in [0.5, 0.6) is 0 Å². The number of hydrogen-bond donors (Lipinski definition) is 1. The molecule has 0 aliphatic carbocycles. The monoisotopic (exact) mass is 207 g/mol. The molecule has 0 radical (unpaired) electrons. The van der Waals surface area contributed by atoms with Gasteiger partial charge in [0.25, 0.3) is 0 Å². The first-order valence-electron chi connectivity index (χ1n) is 4.55. The number of nitrogens with one attached hydrogen (secondary N) is 1. The molecule has 0 saturated heterocycles. The van der Waals surface area contributed by atoms with E-state index < -0.39 is 0 Å². The summed E-state index contributed by atoms with van der Waals surface area (Å²) in [7, 11) is 1.88. The van der Waals surface area contributed by atoms with Gasteiger partial charge in [0, 0.05) is 10.6 Å². The molecule has 1 rings (SSSR count). The molecule has 1 aromatic carbocycles. The zero-order valence-electron chi connectivity index (χ0n) is 8.74. The Morgan fingerprint density at radius 3 is 2.64 bits per heavy atom. The summed E-state index contributed by atoms with van der Waals surface area (Å²) < 4.78 is 0. The van der Waals surface area contributed by atoms with Crippen LogP contribution in [-0.2, 0) is 0 Å². The van der Waals surface area contributed by atoms with Crippen LogP contribution >= 0.6 is 11.6 Å². The highest BCUT2D eigenvalue weighted by molar-refractivity contribution is 6.31. The minimum Gasteiger partial charge on any atom is -0.309 e. The molecule has 0 atom stereocenters. The summed E-state index contributed by atoms with van der Waals surface area (Å²) in [5.41, 5.74) is 3.26. The van der Waals surface area contributed by atoms with Crippen LogP contribution < -0.4 is 5.32 Å². The second-order valence-electron chi connectivity index (χ2n) is 3.25. The Morgan fingerprint density at radius 1 is 1.29 bits per heavy atom. The molecule has 0 aliphatic rings. The first-order valence-corrected chi connectivity index (χ1v) is 4.93. The van der Waals surface area contributed by atoms with Crippen LogP contribution in [0.1, 0.15) is 16.7 Å². The fourth-order valence-electron chi connectivity index (χ4n) is 1.14. The summed E-state index contributed by atoms with van der Waals surface area (Å²) in [5.74, 6) is 6.15. The van der Waals surface area contributed by atoms with E-state index in [1.54, 1.807) is 0 Å². The molecule has 1 N–H and O–H groups in total. The lowest BCUT2D eigenvalue weighted by Gasteiger charge is -2.02. The molecule has 1 nitrogen and oxygen atoms in total. The largest absolute Gasteiger partial charge is 0.309 e. The van der Waals surface area contributed by atoms with Crippen molar-refractivity contribution in [3.05, 3.63) is 33.8 Å². The van der Waals surface area contributed by atoms with Gasteiger partial charge in [-0.3, -0.25) is 0 Å². The van der Waals surface area contributed by atoms with Gasteiger partial charge in [-0.15, -0.1) is 0 Å². The summed E-state index contributed by atoms with van der Waals surface area (Å²) in [5, 5.41) is 3.79. The maximum Gasteiger partial charge on any atom is 0.0577 e. The normalized spacial score (nSPS) is 9.43. The van der Waals surface area contributed by atoms with Gasteiger partial charge in [-0.2, -0.15) is 0 Å². The van der Waals surface area contributed by atoms with Crippen LogP contribution in [0.4, 0.5) is 0 Å². The fraction of sp³-hybridized carbons (Fsp3) is 0.333. The Balaban J connectivity index is 3.00. The second kappa shape index (κ2) is 5.05. The van der Waals surface area contributed by atoms with E-state index in [9.17, 15) is 0 Å². The summed E-state index contributed by atoms with van der Waals surface area (Å²) in [6, 6.07) is 3.99. The molecule has 0 spiro atoms. The van der Waals surface area contributed by atoms with Crippen LogP contribution in [0.25, 0.3) is 0 Å². The molecular weight excluding hydrogens is 194 g/mol. The molecular formula is C12H14ClN. The van der Waals surface area contributed by atoms with E-state index in [0.717, 1.165) is 21.7 Å². The van der Waals surface area contributed by atoms with E-state index in [0.29, 0.717) is 6.54 Å². The van der Waals surface area contributed by atoms with Gasteiger partial charge in [0.05, 0.1) is 6.54 Å². The predicted octanol–water partition coefficient (Wildman–Crippen LogP) is 2.53. The summed E-state index contributed by atoms with van der Waals surface area (Å²) in [6.45, 7) is 4.72. The molecule has 1 aromatic rings. The third kappa shape index (κ3) is 2.77. The third-order valence-corrected chi connectivity index (χ3v) is 2.40. The molecule has 14 heavy (non-hydrogen) atoms. The number of aryl methyl sites for hydroxylation is 2. The van der Waals surface area contributed by atoms with Gasteiger partial charge in [0.15, 0.2) is 0 Å². The van der Waals surface area contributed by atoms with Crippen molar-refractivity contribution in [3.8, 4) is 11.8 Å². The van der Waals surface area contributed by atoms with Gasteiger partial charge in [0.1, 0.15) is 0 Å². The standard InChI is InChI=1S/C12H14ClN/c1-9-8-12(13)10(2)7-11(9)5-4-6-14-3/h7-8,14H,6H2,1-3H3. The van der Waals surface area contributed by atoms with Crippen molar-refractivity contribution in [3.63, 3.8) is 0 Å². The maximum absolute atomic E-state index is 5.99. The van der Waals surface area contributed by atoms with Crippen LogP contribution in [0.2, 0.25) is 5.02 Å². The van der Waals surface area contributed by atoms with Crippen LogP contribution in [0.3, 0.4) is 0 Å². The molecule has 0 bridgehead atoms. The first-order chi connectivity index (χ1) is 6.65. The van der Waals surface area contributed by atoms with E-state index in [1.807, 2.05) is 33.0 Å². The maximum atomic E-state index is 5.99. The molecule has 0 saturated carbocycles. The van der Waals surface area contributed by atoms with Gasteiger partial charge in [-0.1, -0.05) is 23.4 Å². The average Bonchev–Trinajstić information content (AvgIpc) is 2.14. The molecule has 0 fully saturated rings. The van der Waals surface area contributed by atoms with Crippen molar-refractivity contribution in [1.82, 2.24) is 5.32 Å². The summed E-state index contributed by atoms with van der Waals surface area (Å²) >= 11 is 5.99. The Kier molecular flexibility index (Phi) is 4.00. The predicted molar refractivity (Wildman–Crippen MR) is 61.7 cm³/mol. The Morgan fingerprint density at radius 2 is 2.00 bits per heavy atom. The van der Waals surface area contributed by atoms with Gasteiger partial charge < -0.3 is 5.32 Å². The quantitative estimate of drug-likeness (QED) is 0.698. The number of rotatable bonds is 1. The summed E-state index contributed by atoms with van der Waals surface area (Å²) in [6.07, 6.45) is 0. The highest BCUT2D eigenvalue weighted by Crippen LogP contribution is 2.19. The second-order valence-corrected chi connectivity index (χ2v) is 3.66. The zero-order valence-corrected chi connectivity index (χ0v) is 9.50. The van der Waals surface area contributed by atoms with Gasteiger partial charge in [0.2, 0.25) is 0 Å². The minimum absolute atomic E-state index is 0.709. The zero-order chi connectivity index (χ0) is 10.6. The lowest BCUT2D eigenvalue weighted by Crippen LogP contribution is -2.04. The molecule has 0 amide bonds. The molecule has 0 heterocycles. The number of hydrogen-bond acceptors (Lipinski definition) is 1.